The van der Waals surface area contributed by atoms with E-state index in [0.29, 0.717) is 5.69 Å². The van der Waals surface area contributed by atoms with Crippen molar-refractivity contribution >= 4 is 21.7 Å². The number of primary sulfonamides is 1. The van der Waals surface area contributed by atoms with Gasteiger partial charge in [0.15, 0.2) is 0 Å². The lowest BCUT2D eigenvalue weighted by Gasteiger charge is -2.24. The Hall–Kier alpha value is -1.60. The van der Waals surface area contributed by atoms with Crippen molar-refractivity contribution in [1.82, 2.24) is 4.90 Å². The van der Waals surface area contributed by atoms with Crippen molar-refractivity contribution in [2.75, 3.05) is 12.4 Å². The summed E-state index contributed by atoms with van der Waals surface area (Å²) in [5.41, 5.74) is 0.521. The van der Waals surface area contributed by atoms with Gasteiger partial charge in [-0.15, -0.1) is 0 Å². The Balaban J connectivity index is 2.76. The van der Waals surface area contributed by atoms with Crippen LogP contribution in [0.25, 0.3) is 0 Å². The van der Waals surface area contributed by atoms with Crippen molar-refractivity contribution in [3.8, 4) is 0 Å². The third kappa shape index (κ3) is 4.22. The van der Waals surface area contributed by atoms with E-state index in [-0.39, 0.29) is 17.0 Å². The molecule has 1 rings (SSSR count). The van der Waals surface area contributed by atoms with Crippen LogP contribution in [0.5, 0.6) is 0 Å². The number of amides is 2. The van der Waals surface area contributed by atoms with Gasteiger partial charge >= 0.3 is 6.03 Å². The number of urea groups is 1. The number of sulfonamides is 1. The summed E-state index contributed by atoms with van der Waals surface area (Å²) in [6, 6.07) is 5.61. The van der Waals surface area contributed by atoms with E-state index in [4.69, 9.17) is 5.14 Å². The number of anilines is 1. The second kappa shape index (κ2) is 6.03. The molecular weight excluding hydrogens is 266 g/mol. The molecule has 1 aromatic carbocycles. The average molecular weight is 285 g/mol. The predicted molar refractivity (Wildman–Crippen MR) is 74.3 cm³/mol. The largest absolute Gasteiger partial charge is 0.325 e. The van der Waals surface area contributed by atoms with Crippen LogP contribution in [0.4, 0.5) is 10.5 Å². The van der Waals surface area contributed by atoms with Gasteiger partial charge in [0.2, 0.25) is 10.0 Å². The highest BCUT2D eigenvalue weighted by molar-refractivity contribution is 7.89. The summed E-state index contributed by atoms with van der Waals surface area (Å²) in [6.07, 6.45) is 0.855. The second-order valence-electron chi connectivity index (χ2n) is 4.37. The molecule has 1 aromatic rings. The molecule has 19 heavy (non-hydrogen) atoms. The number of hydrogen-bond acceptors (Lipinski definition) is 3. The Kier molecular flexibility index (Phi) is 4.90. The van der Waals surface area contributed by atoms with Crippen molar-refractivity contribution < 1.29 is 13.2 Å². The molecule has 0 saturated heterocycles. The monoisotopic (exact) mass is 285 g/mol. The first kappa shape index (κ1) is 15.5. The fraction of sp³-hybridized carbons (Fsp3) is 0.417. The Morgan fingerprint density at radius 3 is 2.32 bits per heavy atom. The highest BCUT2D eigenvalue weighted by Gasteiger charge is 2.14. The fourth-order valence-electron chi connectivity index (χ4n) is 1.41. The number of nitrogens with one attached hydrogen (secondary N) is 1. The minimum absolute atomic E-state index is 0.0146. The zero-order chi connectivity index (χ0) is 14.6. The third-order valence-electron chi connectivity index (χ3n) is 3.01. The molecule has 1 atom stereocenters. The molecule has 2 amide bonds. The number of nitrogens with two attached hydrogens (primary N) is 1. The maximum atomic E-state index is 11.9. The highest BCUT2D eigenvalue weighted by Crippen LogP contribution is 2.13. The summed E-state index contributed by atoms with van der Waals surface area (Å²) < 4.78 is 22.2. The molecule has 0 saturated carbocycles. The van der Waals surface area contributed by atoms with Gasteiger partial charge in [-0.05, 0) is 37.6 Å². The van der Waals surface area contributed by atoms with Crippen LogP contribution in [0.2, 0.25) is 0 Å². The fourth-order valence-corrected chi connectivity index (χ4v) is 1.93. The van der Waals surface area contributed by atoms with Gasteiger partial charge in [0.05, 0.1) is 4.90 Å². The van der Waals surface area contributed by atoms with E-state index in [1.165, 1.54) is 24.3 Å². The standard InChI is InChI=1S/C12H19N3O3S/c1-4-9(2)15(3)12(16)14-10-5-7-11(8-6-10)19(13,17)18/h5-9H,4H2,1-3H3,(H,14,16)(H2,13,17,18)/t9-/m0/s1. The third-order valence-corrected chi connectivity index (χ3v) is 3.94. The summed E-state index contributed by atoms with van der Waals surface area (Å²) >= 11 is 0. The van der Waals surface area contributed by atoms with Gasteiger partial charge in [0.1, 0.15) is 0 Å². The molecule has 106 valence electrons. The van der Waals surface area contributed by atoms with E-state index in [9.17, 15) is 13.2 Å². The van der Waals surface area contributed by atoms with Crippen LogP contribution in [0, 0.1) is 0 Å². The summed E-state index contributed by atoms with van der Waals surface area (Å²) in [7, 11) is -1.99. The van der Waals surface area contributed by atoms with Crippen LogP contribution in [0.1, 0.15) is 20.3 Å². The number of benzene rings is 1. The molecule has 7 heteroatoms. The quantitative estimate of drug-likeness (QED) is 0.880. The van der Waals surface area contributed by atoms with Crippen LogP contribution in [-0.2, 0) is 10.0 Å². The molecule has 6 nitrogen and oxygen atoms in total. The van der Waals surface area contributed by atoms with Crippen LogP contribution in [0.3, 0.4) is 0 Å². The molecule has 0 aliphatic heterocycles. The smallest absolute Gasteiger partial charge is 0.321 e. The lowest BCUT2D eigenvalue weighted by atomic mass is 10.2. The molecule has 0 radical (unpaired) electrons. The van der Waals surface area contributed by atoms with Gasteiger partial charge in [0.25, 0.3) is 0 Å². The molecule has 0 fully saturated rings. The van der Waals surface area contributed by atoms with Crippen LogP contribution in [-0.4, -0.2) is 32.4 Å². The molecule has 0 heterocycles. The Bertz CT molecular complexity index is 540. The maximum Gasteiger partial charge on any atom is 0.321 e. The molecule has 0 bridgehead atoms. The van der Waals surface area contributed by atoms with E-state index >= 15 is 0 Å². The lowest BCUT2D eigenvalue weighted by molar-refractivity contribution is 0.206. The minimum Gasteiger partial charge on any atom is -0.325 e. The van der Waals surface area contributed by atoms with E-state index in [1.54, 1.807) is 11.9 Å². The van der Waals surface area contributed by atoms with Crippen LogP contribution in [0.15, 0.2) is 29.2 Å². The van der Waals surface area contributed by atoms with Gasteiger partial charge in [-0.2, -0.15) is 0 Å². The molecule has 3 N–H and O–H groups in total. The van der Waals surface area contributed by atoms with E-state index in [1.807, 2.05) is 13.8 Å². The highest BCUT2D eigenvalue weighted by atomic mass is 32.2. The van der Waals surface area contributed by atoms with Gasteiger partial charge < -0.3 is 10.2 Å². The number of hydrogen-bond donors (Lipinski definition) is 2. The summed E-state index contributed by atoms with van der Waals surface area (Å²) in [4.78, 5) is 13.5. The van der Waals surface area contributed by atoms with E-state index in [0.717, 1.165) is 6.42 Å². The molecule has 0 aromatic heterocycles. The number of carbonyl (C=O) groups is 1. The number of nitrogens with zero attached hydrogens (tertiary/aromatic N) is 1. The molecular formula is C12H19N3O3S. The van der Waals surface area contributed by atoms with Gasteiger partial charge in [-0.3, -0.25) is 0 Å². The van der Waals surface area contributed by atoms with Gasteiger partial charge in [-0.1, -0.05) is 6.92 Å². The summed E-state index contributed by atoms with van der Waals surface area (Å²) in [6.45, 7) is 3.94. The van der Waals surface area contributed by atoms with Gasteiger partial charge in [-0.25, -0.2) is 18.4 Å². The van der Waals surface area contributed by atoms with E-state index < -0.39 is 10.0 Å². The minimum atomic E-state index is -3.70. The summed E-state index contributed by atoms with van der Waals surface area (Å²) in [5, 5.41) is 7.68. The first-order chi connectivity index (χ1) is 8.75. The molecule has 0 spiro atoms. The van der Waals surface area contributed by atoms with E-state index in [2.05, 4.69) is 5.32 Å². The Labute approximate surface area is 113 Å². The van der Waals surface area contributed by atoms with Crippen molar-refractivity contribution in [3.63, 3.8) is 0 Å². The number of carbonyl (C=O) groups excluding carboxylic acids is 1. The molecule has 0 aliphatic carbocycles. The topological polar surface area (TPSA) is 92.5 Å². The Morgan fingerprint density at radius 1 is 1.37 bits per heavy atom. The number of rotatable bonds is 4. The van der Waals surface area contributed by atoms with Crippen molar-refractivity contribution in [3.05, 3.63) is 24.3 Å². The predicted octanol–water partition coefficient (Wildman–Crippen LogP) is 1.60. The average Bonchev–Trinajstić information content (AvgIpc) is 2.36. The summed E-state index contributed by atoms with van der Waals surface area (Å²) in [5.74, 6) is 0. The first-order valence-corrected chi connectivity index (χ1v) is 7.47. The lowest BCUT2D eigenvalue weighted by Crippen LogP contribution is -2.37. The van der Waals surface area contributed by atoms with Crippen molar-refractivity contribution in [2.45, 2.75) is 31.2 Å². The zero-order valence-corrected chi connectivity index (χ0v) is 12.1. The maximum absolute atomic E-state index is 11.9. The van der Waals surface area contributed by atoms with Crippen molar-refractivity contribution in [2.24, 2.45) is 5.14 Å². The SMILES string of the molecule is CC[C@H](C)N(C)C(=O)Nc1ccc(S(N)(=O)=O)cc1. The zero-order valence-electron chi connectivity index (χ0n) is 11.3. The van der Waals surface area contributed by atoms with Crippen molar-refractivity contribution in [1.29, 1.82) is 0 Å². The second-order valence-corrected chi connectivity index (χ2v) is 5.93. The molecule has 0 unspecified atom stereocenters. The van der Waals surface area contributed by atoms with Gasteiger partial charge in [0, 0.05) is 18.8 Å². The van der Waals surface area contributed by atoms with Crippen LogP contribution >= 0.6 is 0 Å². The van der Waals surface area contributed by atoms with Crippen LogP contribution < -0.4 is 10.5 Å². The Morgan fingerprint density at radius 2 is 1.89 bits per heavy atom. The molecule has 0 aliphatic rings. The normalized spacial score (nSPS) is 12.8. The first-order valence-electron chi connectivity index (χ1n) is 5.92.